The molecule has 4 heteroatoms. The Hall–Kier alpha value is -1.06. The average Bonchev–Trinajstić information content (AvgIpc) is 3.54. The van der Waals surface area contributed by atoms with Crippen LogP contribution < -0.4 is 5.32 Å². The summed E-state index contributed by atoms with van der Waals surface area (Å²) in [4.78, 5) is 15.9. The highest BCUT2D eigenvalue weighted by Crippen LogP contribution is 2.55. The first kappa shape index (κ1) is 19.6. The van der Waals surface area contributed by atoms with Gasteiger partial charge in [0.2, 0.25) is 5.91 Å². The van der Waals surface area contributed by atoms with E-state index < -0.39 is 0 Å². The molecule has 1 heterocycles. The van der Waals surface area contributed by atoms with Crippen LogP contribution in [0.25, 0.3) is 0 Å². The van der Waals surface area contributed by atoms with E-state index in [1.807, 2.05) is 24.3 Å². The quantitative estimate of drug-likeness (QED) is 0.716. The zero-order valence-electron chi connectivity index (χ0n) is 18.0. The van der Waals surface area contributed by atoms with E-state index in [0.717, 1.165) is 59.7 Å². The predicted molar refractivity (Wildman–Crippen MR) is 121 cm³/mol. The molecular formula is C26H35ClN2O. The molecule has 4 bridgehead atoms. The number of benzene rings is 1. The van der Waals surface area contributed by atoms with Crippen molar-refractivity contribution in [3.8, 4) is 0 Å². The highest BCUT2D eigenvalue weighted by Gasteiger charge is 2.52. The molecule has 7 rings (SSSR count). The second-order valence-corrected chi connectivity index (χ2v) is 11.7. The lowest BCUT2D eigenvalue weighted by Crippen LogP contribution is -2.58. The van der Waals surface area contributed by atoms with Gasteiger partial charge in [-0.15, -0.1) is 0 Å². The first-order valence-electron chi connectivity index (χ1n) is 12.4. The number of piperidine rings is 1. The summed E-state index contributed by atoms with van der Waals surface area (Å²) < 4.78 is 0. The Kier molecular flexibility index (Phi) is 4.91. The molecule has 1 aliphatic heterocycles. The van der Waals surface area contributed by atoms with E-state index in [1.54, 1.807) is 0 Å². The summed E-state index contributed by atoms with van der Waals surface area (Å²) in [6, 6.07) is 8.73. The summed E-state index contributed by atoms with van der Waals surface area (Å²) in [6.07, 6.45) is 12.0. The molecule has 1 saturated heterocycles. The van der Waals surface area contributed by atoms with E-state index in [-0.39, 0.29) is 11.3 Å². The molecule has 1 amide bonds. The van der Waals surface area contributed by atoms with Gasteiger partial charge in [0.15, 0.2) is 0 Å². The molecule has 1 aromatic rings. The van der Waals surface area contributed by atoms with E-state index in [1.165, 1.54) is 58.0 Å². The van der Waals surface area contributed by atoms with Gasteiger partial charge in [0.1, 0.15) is 0 Å². The maximum absolute atomic E-state index is 13.1. The van der Waals surface area contributed by atoms with Crippen molar-refractivity contribution in [2.24, 2.45) is 29.6 Å². The maximum Gasteiger partial charge on any atom is 0.230 e. The van der Waals surface area contributed by atoms with Crippen LogP contribution in [0.5, 0.6) is 0 Å². The van der Waals surface area contributed by atoms with Gasteiger partial charge in [-0.3, -0.25) is 9.69 Å². The monoisotopic (exact) mass is 426 g/mol. The molecule has 3 nitrogen and oxygen atoms in total. The lowest BCUT2D eigenvalue weighted by molar-refractivity contribution is -0.124. The second kappa shape index (κ2) is 7.52. The summed E-state index contributed by atoms with van der Waals surface area (Å²) in [6.45, 7) is 3.32. The second-order valence-electron chi connectivity index (χ2n) is 11.2. The van der Waals surface area contributed by atoms with Gasteiger partial charge in [-0.1, -0.05) is 23.7 Å². The molecule has 162 valence electrons. The summed E-state index contributed by atoms with van der Waals surface area (Å²) >= 11 is 6.04. The molecule has 1 aromatic carbocycles. The van der Waals surface area contributed by atoms with Gasteiger partial charge in [0.05, 0.1) is 5.41 Å². The van der Waals surface area contributed by atoms with Gasteiger partial charge in [-0.05, 0) is 112 Å². The molecule has 0 radical (unpaired) electrons. The van der Waals surface area contributed by atoms with Gasteiger partial charge >= 0.3 is 0 Å². The molecule has 6 fully saturated rings. The summed E-state index contributed by atoms with van der Waals surface area (Å²) in [7, 11) is 0. The zero-order valence-corrected chi connectivity index (χ0v) is 18.7. The minimum absolute atomic E-state index is 0.233. The van der Waals surface area contributed by atoms with Crippen molar-refractivity contribution >= 4 is 17.5 Å². The van der Waals surface area contributed by atoms with Crippen LogP contribution in [-0.4, -0.2) is 36.5 Å². The Morgan fingerprint density at radius 1 is 1.03 bits per heavy atom. The van der Waals surface area contributed by atoms with Crippen molar-refractivity contribution in [3.63, 3.8) is 0 Å². The number of carbonyl (C=O) groups is 1. The molecule has 0 unspecified atom stereocenters. The van der Waals surface area contributed by atoms with Crippen LogP contribution >= 0.6 is 11.6 Å². The smallest absolute Gasteiger partial charge is 0.230 e. The van der Waals surface area contributed by atoms with Crippen molar-refractivity contribution in [2.45, 2.75) is 69.2 Å². The lowest BCUT2D eigenvalue weighted by atomic mass is 9.53. The third-order valence-electron chi connectivity index (χ3n) is 9.28. The lowest BCUT2D eigenvalue weighted by Gasteiger charge is -2.58. The SMILES string of the molecule is O=C(NC[C@@H]1CCCN(C2C3CC4CC(C3)CC2C4)C1)C1(c2ccc(Cl)cc2)CC1. The average molecular weight is 427 g/mol. The zero-order chi connectivity index (χ0) is 20.3. The molecule has 0 aromatic heterocycles. The first-order chi connectivity index (χ1) is 14.6. The number of halogens is 1. The van der Waals surface area contributed by atoms with Crippen LogP contribution in [0.1, 0.15) is 63.4 Å². The Morgan fingerprint density at radius 3 is 2.33 bits per heavy atom. The highest BCUT2D eigenvalue weighted by atomic mass is 35.5. The fraction of sp³-hybridized carbons (Fsp3) is 0.731. The van der Waals surface area contributed by atoms with E-state index >= 15 is 0 Å². The predicted octanol–water partition coefficient (Wildman–Crippen LogP) is 5.02. The number of carbonyl (C=O) groups excluding carboxylic acids is 1. The van der Waals surface area contributed by atoms with Crippen LogP contribution in [0.15, 0.2) is 24.3 Å². The largest absolute Gasteiger partial charge is 0.355 e. The first-order valence-corrected chi connectivity index (χ1v) is 12.8. The van der Waals surface area contributed by atoms with E-state index in [9.17, 15) is 4.79 Å². The van der Waals surface area contributed by atoms with Crippen LogP contribution in [-0.2, 0) is 10.2 Å². The minimum atomic E-state index is -0.291. The highest BCUT2D eigenvalue weighted by molar-refractivity contribution is 6.30. The number of amides is 1. The molecule has 1 N–H and O–H groups in total. The molecule has 5 saturated carbocycles. The van der Waals surface area contributed by atoms with Crippen LogP contribution in [0.2, 0.25) is 5.02 Å². The van der Waals surface area contributed by atoms with Crippen molar-refractivity contribution in [1.29, 1.82) is 0 Å². The Balaban J connectivity index is 1.07. The van der Waals surface area contributed by atoms with Gasteiger partial charge in [0, 0.05) is 24.2 Å². The number of nitrogens with one attached hydrogen (secondary N) is 1. The number of likely N-dealkylation sites (tertiary alicyclic amines) is 1. The number of hydrogen-bond acceptors (Lipinski definition) is 2. The number of nitrogens with zero attached hydrogens (tertiary/aromatic N) is 1. The van der Waals surface area contributed by atoms with Gasteiger partial charge in [-0.2, -0.15) is 0 Å². The van der Waals surface area contributed by atoms with Crippen molar-refractivity contribution < 1.29 is 4.79 Å². The molecule has 6 aliphatic rings. The third-order valence-corrected chi connectivity index (χ3v) is 9.53. The topological polar surface area (TPSA) is 32.3 Å². The Morgan fingerprint density at radius 2 is 1.70 bits per heavy atom. The van der Waals surface area contributed by atoms with Crippen molar-refractivity contribution in [3.05, 3.63) is 34.9 Å². The van der Waals surface area contributed by atoms with Gasteiger partial charge in [-0.25, -0.2) is 0 Å². The van der Waals surface area contributed by atoms with E-state index in [4.69, 9.17) is 11.6 Å². The van der Waals surface area contributed by atoms with Gasteiger partial charge < -0.3 is 5.32 Å². The number of hydrogen-bond donors (Lipinski definition) is 1. The summed E-state index contributed by atoms with van der Waals surface area (Å²) in [5.41, 5.74) is 0.837. The Labute approximate surface area is 185 Å². The molecule has 1 atom stereocenters. The maximum atomic E-state index is 13.1. The molecule has 5 aliphatic carbocycles. The standard InChI is InChI=1S/C26H35ClN2O/c27-23-5-3-22(4-6-23)26(7-8-26)25(30)28-15-17-2-1-9-29(16-17)24-20-11-18-10-19(13-20)14-21(24)12-18/h3-6,17-21,24H,1-2,7-16H2,(H,28,30)/t17-,18?,19?,20?,21?,24?/m0/s1. The Bertz CT molecular complexity index is 774. The van der Waals surface area contributed by atoms with Crippen molar-refractivity contribution in [2.75, 3.05) is 19.6 Å². The van der Waals surface area contributed by atoms with Gasteiger partial charge in [0.25, 0.3) is 0 Å². The normalized spacial score (nSPS) is 39.1. The third kappa shape index (κ3) is 3.41. The minimum Gasteiger partial charge on any atom is -0.355 e. The number of rotatable bonds is 5. The van der Waals surface area contributed by atoms with E-state index in [0.29, 0.717) is 5.92 Å². The van der Waals surface area contributed by atoms with Crippen LogP contribution in [0.3, 0.4) is 0 Å². The molecule has 30 heavy (non-hydrogen) atoms. The van der Waals surface area contributed by atoms with Crippen molar-refractivity contribution in [1.82, 2.24) is 10.2 Å². The fourth-order valence-corrected chi connectivity index (χ4v) is 8.10. The van der Waals surface area contributed by atoms with Crippen LogP contribution in [0.4, 0.5) is 0 Å². The fourth-order valence-electron chi connectivity index (χ4n) is 7.97. The molecular weight excluding hydrogens is 392 g/mol. The summed E-state index contributed by atoms with van der Waals surface area (Å²) in [5, 5.41) is 4.10. The van der Waals surface area contributed by atoms with E-state index in [2.05, 4.69) is 10.2 Å². The molecule has 0 spiro atoms. The summed E-state index contributed by atoms with van der Waals surface area (Å²) in [5.74, 6) is 4.87. The van der Waals surface area contributed by atoms with Crippen LogP contribution in [0, 0.1) is 29.6 Å².